The van der Waals surface area contributed by atoms with Gasteiger partial charge in [-0.25, -0.2) is 9.78 Å². The van der Waals surface area contributed by atoms with Crippen molar-refractivity contribution in [2.75, 3.05) is 0 Å². The molecule has 78 valence electrons. The lowest BCUT2D eigenvalue weighted by molar-refractivity contribution is 0.0702. The van der Waals surface area contributed by atoms with Crippen LogP contribution in [0.15, 0.2) is 30.5 Å². The van der Waals surface area contributed by atoms with Crippen LogP contribution in [-0.4, -0.2) is 16.1 Å². The van der Waals surface area contributed by atoms with Crippen LogP contribution in [0, 0.1) is 11.3 Å². The molecule has 0 saturated heterocycles. The lowest BCUT2D eigenvalue weighted by atomic mass is 10.1. The van der Waals surface area contributed by atoms with E-state index in [1.807, 2.05) is 0 Å². The van der Waals surface area contributed by atoms with Gasteiger partial charge in [0.2, 0.25) is 0 Å². The van der Waals surface area contributed by atoms with Crippen molar-refractivity contribution >= 4 is 17.3 Å². The van der Waals surface area contributed by atoms with E-state index < -0.39 is 5.97 Å². The molecule has 1 aromatic carbocycles. The minimum atomic E-state index is -1.00. The summed E-state index contributed by atoms with van der Waals surface area (Å²) in [5, 5.41) is 18.2. The summed E-state index contributed by atoms with van der Waals surface area (Å²) in [6.45, 7) is 0. The third-order valence-corrected chi connectivity index (χ3v) is 3.01. The number of carboxylic acids is 1. The van der Waals surface area contributed by atoms with Crippen molar-refractivity contribution in [1.82, 2.24) is 4.98 Å². The van der Waals surface area contributed by atoms with E-state index in [2.05, 4.69) is 11.1 Å². The number of carboxylic acid groups (broad SMARTS) is 1. The third-order valence-electron chi connectivity index (χ3n) is 1.99. The molecule has 1 heterocycles. The highest BCUT2D eigenvalue weighted by Crippen LogP contribution is 2.27. The van der Waals surface area contributed by atoms with Gasteiger partial charge in [0.25, 0.3) is 0 Å². The maximum atomic E-state index is 10.7. The van der Waals surface area contributed by atoms with Crippen molar-refractivity contribution in [2.24, 2.45) is 0 Å². The fourth-order valence-corrected chi connectivity index (χ4v) is 2.06. The van der Waals surface area contributed by atoms with E-state index in [0.717, 1.165) is 11.3 Å². The minimum absolute atomic E-state index is 0.169. The van der Waals surface area contributed by atoms with Gasteiger partial charge in [0, 0.05) is 5.56 Å². The van der Waals surface area contributed by atoms with Gasteiger partial charge in [0.15, 0.2) is 0 Å². The first-order valence-corrected chi connectivity index (χ1v) is 5.22. The van der Waals surface area contributed by atoms with Gasteiger partial charge in [0.05, 0.1) is 17.8 Å². The topological polar surface area (TPSA) is 74.0 Å². The predicted octanol–water partition coefficient (Wildman–Crippen LogP) is 2.38. The Labute approximate surface area is 95.4 Å². The van der Waals surface area contributed by atoms with Crippen molar-refractivity contribution in [3.8, 4) is 16.6 Å². The summed E-state index contributed by atoms with van der Waals surface area (Å²) in [4.78, 5) is 14.9. The van der Waals surface area contributed by atoms with E-state index in [-0.39, 0.29) is 4.88 Å². The van der Waals surface area contributed by atoms with E-state index >= 15 is 0 Å². The normalized spacial score (nSPS) is 9.69. The molecule has 0 amide bonds. The summed E-state index contributed by atoms with van der Waals surface area (Å²) >= 11 is 1.06. The molecule has 2 rings (SSSR count). The fraction of sp³-hybridized carbons (Fsp3) is 0. The Balaban J connectivity index is 2.51. The zero-order chi connectivity index (χ0) is 11.5. The molecule has 4 nitrogen and oxygen atoms in total. The average molecular weight is 230 g/mol. The number of aromatic nitrogens is 1. The maximum Gasteiger partial charge on any atom is 0.347 e. The van der Waals surface area contributed by atoms with E-state index in [4.69, 9.17) is 10.4 Å². The van der Waals surface area contributed by atoms with Crippen molar-refractivity contribution in [3.05, 3.63) is 40.9 Å². The Morgan fingerprint density at radius 1 is 1.44 bits per heavy atom. The number of rotatable bonds is 2. The molecular weight excluding hydrogens is 224 g/mol. The molecule has 5 heteroatoms. The Bertz CT molecular complexity index is 584. The first kappa shape index (κ1) is 10.3. The van der Waals surface area contributed by atoms with Gasteiger partial charge in [-0.3, -0.25) is 0 Å². The predicted molar refractivity (Wildman–Crippen MR) is 59.2 cm³/mol. The van der Waals surface area contributed by atoms with Crippen LogP contribution in [0.1, 0.15) is 15.2 Å². The summed E-state index contributed by atoms with van der Waals surface area (Å²) in [5.74, 6) is -1.00. The van der Waals surface area contributed by atoms with Crippen molar-refractivity contribution in [1.29, 1.82) is 5.26 Å². The molecule has 0 saturated carbocycles. The lowest BCUT2D eigenvalue weighted by Crippen LogP contribution is -1.89. The van der Waals surface area contributed by atoms with Gasteiger partial charge in [-0.15, -0.1) is 11.3 Å². The first-order chi connectivity index (χ1) is 7.72. The number of nitriles is 1. The molecular formula is C11H6N2O2S. The summed E-state index contributed by atoms with van der Waals surface area (Å²) in [6, 6.07) is 9.03. The van der Waals surface area contributed by atoms with Crippen LogP contribution in [0.3, 0.4) is 0 Å². The molecule has 0 radical (unpaired) electrons. The molecule has 0 atom stereocenters. The number of benzene rings is 1. The van der Waals surface area contributed by atoms with Crippen molar-refractivity contribution in [2.45, 2.75) is 0 Å². The van der Waals surface area contributed by atoms with Gasteiger partial charge in [0.1, 0.15) is 9.88 Å². The van der Waals surface area contributed by atoms with Gasteiger partial charge < -0.3 is 5.11 Å². The Hall–Kier alpha value is -2.19. The third kappa shape index (κ3) is 1.78. The summed E-state index contributed by atoms with van der Waals surface area (Å²) in [7, 11) is 0. The summed E-state index contributed by atoms with van der Waals surface area (Å²) < 4.78 is 0. The van der Waals surface area contributed by atoms with Crippen LogP contribution in [0.4, 0.5) is 0 Å². The van der Waals surface area contributed by atoms with Crippen LogP contribution in [0.25, 0.3) is 10.6 Å². The zero-order valence-electron chi connectivity index (χ0n) is 8.04. The molecule has 1 aromatic heterocycles. The molecule has 16 heavy (non-hydrogen) atoms. The highest BCUT2D eigenvalue weighted by atomic mass is 32.1. The van der Waals surface area contributed by atoms with Crippen LogP contribution in [-0.2, 0) is 0 Å². The number of carbonyl (C=O) groups is 1. The minimum Gasteiger partial charge on any atom is -0.477 e. The molecule has 2 aromatic rings. The summed E-state index contributed by atoms with van der Waals surface area (Å²) in [6.07, 6.45) is 1.30. The number of aromatic carboxylic acids is 1. The van der Waals surface area contributed by atoms with Gasteiger partial charge in [-0.2, -0.15) is 5.26 Å². The lowest BCUT2D eigenvalue weighted by Gasteiger charge is -1.97. The molecule has 0 unspecified atom stereocenters. The maximum absolute atomic E-state index is 10.7. The standard InChI is InChI=1S/C11H6N2O2S/c12-5-7-3-1-2-4-8(7)10-13-6-9(16-10)11(14)15/h1-4,6H,(H,14,15). The molecule has 0 aliphatic rings. The van der Waals surface area contributed by atoms with Crippen molar-refractivity contribution < 1.29 is 9.90 Å². The largest absolute Gasteiger partial charge is 0.477 e. The average Bonchev–Trinajstić information content (AvgIpc) is 2.78. The summed E-state index contributed by atoms with van der Waals surface area (Å²) in [5.41, 5.74) is 1.16. The Morgan fingerprint density at radius 2 is 2.19 bits per heavy atom. The molecule has 0 fully saturated rings. The quantitative estimate of drug-likeness (QED) is 0.859. The van der Waals surface area contributed by atoms with Crippen LogP contribution in [0.2, 0.25) is 0 Å². The molecule has 0 aliphatic heterocycles. The highest BCUT2D eigenvalue weighted by Gasteiger charge is 2.12. The van der Waals surface area contributed by atoms with Crippen LogP contribution < -0.4 is 0 Å². The number of hydrogen-bond donors (Lipinski definition) is 1. The van der Waals surface area contributed by atoms with Gasteiger partial charge in [-0.05, 0) is 6.07 Å². The monoisotopic (exact) mass is 230 g/mol. The molecule has 0 spiro atoms. The Morgan fingerprint density at radius 3 is 2.81 bits per heavy atom. The van der Waals surface area contributed by atoms with E-state index in [1.165, 1.54) is 6.20 Å². The number of hydrogen-bond acceptors (Lipinski definition) is 4. The second kappa shape index (κ2) is 4.13. The molecule has 0 bridgehead atoms. The fourth-order valence-electron chi connectivity index (χ4n) is 1.26. The van der Waals surface area contributed by atoms with E-state index in [0.29, 0.717) is 16.1 Å². The number of nitrogens with zero attached hydrogens (tertiary/aromatic N) is 2. The second-order valence-corrected chi connectivity index (χ2v) is 4.02. The van der Waals surface area contributed by atoms with E-state index in [9.17, 15) is 4.79 Å². The molecule has 1 N–H and O–H groups in total. The zero-order valence-corrected chi connectivity index (χ0v) is 8.86. The van der Waals surface area contributed by atoms with Gasteiger partial charge in [-0.1, -0.05) is 18.2 Å². The molecule has 0 aliphatic carbocycles. The highest BCUT2D eigenvalue weighted by molar-refractivity contribution is 7.16. The van der Waals surface area contributed by atoms with Crippen LogP contribution >= 0.6 is 11.3 Å². The van der Waals surface area contributed by atoms with E-state index in [1.54, 1.807) is 24.3 Å². The van der Waals surface area contributed by atoms with Crippen LogP contribution in [0.5, 0.6) is 0 Å². The van der Waals surface area contributed by atoms with Crippen molar-refractivity contribution in [3.63, 3.8) is 0 Å². The first-order valence-electron chi connectivity index (χ1n) is 4.41. The van der Waals surface area contributed by atoms with Gasteiger partial charge >= 0.3 is 5.97 Å². The Kier molecular flexibility index (Phi) is 2.66. The number of thiazole rings is 1. The second-order valence-electron chi connectivity index (χ2n) is 2.99. The smallest absolute Gasteiger partial charge is 0.347 e. The SMILES string of the molecule is N#Cc1ccccc1-c1ncc(C(=O)O)s1.